The number of hydrogen-bond acceptors (Lipinski definition) is 6. The minimum atomic E-state index is -0.248. The smallest absolute Gasteiger partial charge is 0.286 e. The van der Waals surface area contributed by atoms with E-state index in [1.165, 1.54) is 11.3 Å². The lowest BCUT2D eigenvalue weighted by Crippen LogP contribution is -2.38. The summed E-state index contributed by atoms with van der Waals surface area (Å²) in [6.07, 6.45) is 1.57. The number of piperidine rings is 1. The Labute approximate surface area is 185 Å². The predicted octanol–water partition coefficient (Wildman–Crippen LogP) is 4.13. The van der Waals surface area contributed by atoms with Crippen LogP contribution >= 0.6 is 11.3 Å². The number of hydrogen-bond donors (Lipinski definition) is 1. The molecule has 2 aromatic carbocycles. The average molecular weight is 437 g/mol. The summed E-state index contributed by atoms with van der Waals surface area (Å²) >= 11 is 1.33. The Balaban J connectivity index is 1.37. The number of amides is 2. The first kappa shape index (κ1) is 21.0. The standard InChI is InChI=1S/C23H24N4O3S/c1-15-7-3-5-9-18(15)24-20(28)22-26-25-21(31-22)16-11-13-27(14-12-16)23(29)17-8-4-6-10-19(17)30-2/h3-10,16H,11-14H2,1-2H3,(H,24,28). The van der Waals surface area contributed by atoms with Gasteiger partial charge in [0.25, 0.3) is 11.8 Å². The van der Waals surface area contributed by atoms with E-state index in [2.05, 4.69) is 15.5 Å². The molecule has 0 spiro atoms. The highest BCUT2D eigenvalue weighted by Crippen LogP contribution is 2.31. The van der Waals surface area contributed by atoms with Gasteiger partial charge < -0.3 is 15.0 Å². The Hall–Kier alpha value is -3.26. The summed E-state index contributed by atoms with van der Waals surface area (Å²) in [5.74, 6) is 0.510. The van der Waals surface area contributed by atoms with Gasteiger partial charge in [0.05, 0.1) is 12.7 Å². The highest BCUT2D eigenvalue weighted by Gasteiger charge is 2.28. The van der Waals surface area contributed by atoms with Crippen LogP contribution in [-0.2, 0) is 0 Å². The molecule has 8 heteroatoms. The molecule has 1 N–H and O–H groups in total. The van der Waals surface area contributed by atoms with Crippen molar-refractivity contribution in [3.05, 3.63) is 69.7 Å². The molecule has 0 saturated carbocycles. The summed E-state index contributed by atoms with van der Waals surface area (Å²) < 4.78 is 5.32. The van der Waals surface area contributed by atoms with Crippen LogP contribution in [0.15, 0.2) is 48.5 Å². The Morgan fingerprint density at radius 3 is 2.52 bits per heavy atom. The molecule has 0 unspecified atom stereocenters. The van der Waals surface area contributed by atoms with Crippen molar-refractivity contribution in [2.24, 2.45) is 0 Å². The molecule has 7 nitrogen and oxygen atoms in total. The number of para-hydroxylation sites is 2. The molecule has 1 aliphatic heterocycles. The SMILES string of the molecule is COc1ccccc1C(=O)N1CCC(c2nnc(C(=O)Nc3ccccc3C)s2)CC1. The summed E-state index contributed by atoms with van der Waals surface area (Å²) in [5.41, 5.74) is 2.34. The first-order chi connectivity index (χ1) is 15.1. The molecule has 2 amide bonds. The fourth-order valence-electron chi connectivity index (χ4n) is 3.70. The summed E-state index contributed by atoms with van der Waals surface area (Å²) in [5, 5.41) is 12.5. The minimum Gasteiger partial charge on any atom is -0.496 e. The number of methoxy groups -OCH3 is 1. The molecule has 2 heterocycles. The molecular formula is C23H24N4O3S. The van der Waals surface area contributed by atoms with Gasteiger partial charge in [0, 0.05) is 24.7 Å². The van der Waals surface area contributed by atoms with E-state index < -0.39 is 0 Å². The van der Waals surface area contributed by atoms with Gasteiger partial charge in [-0.3, -0.25) is 9.59 Å². The van der Waals surface area contributed by atoms with E-state index in [0.29, 0.717) is 29.4 Å². The number of nitrogens with zero attached hydrogens (tertiary/aromatic N) is 3. The van der Waals surface area contributed by atoms with Gasteiger partial charge in [-0.05, 0) is 43.5 Å². The highest BCUT2D eigenvalue weighted by atomic mass is 32.1. The van der Waals surface area contributed by atoms with Gasteiger partial charge >= 0.3 is 0 Å². The summed E-state index contributed by atoms with van der Waals surface area (Å²) in [6, 6.07) is 14.9. The van der Waals surface area contributed by atoms with Crippen molar-refractivity contribution >= 4 is 28.8 Å². The van der Waals surface area contributed by atoms with Gasteiger partial charge in [0.15, 0.2) is 0 Å². The van der Waals surface area contributed by atoms with E-state index in [4.69, 9.17) is 4.74 Å². The molecule has 3 aromatic rings. The van der Waals surface area contributed by atoms with Crippen LogP contribution in [0.4, 0.5) is 5.69 Å². The second-order valence-electron chi connectivity index (χ2n) is 7.48. The topological polar surface area (TPSA) is 84.4 Å². The van der Waals surface area contributed by atoms with Gasteiger partial charge in [-0.25, -0.2) is 0 Å². The third kappa shape index (κ3) is 4.59. The van der Waals surface area contributed by atoms with Gasteiger partial charge in [-0.1, -0.05) is 41.7 Å². The van der Waals surface area contributed by atoms with E-state index in [1.54, 1.807) is 19.2 Å². The number of rotatable bonds is 5. The number of nitrogens with one attached hydrogen (secondary N) is 1. The number of carbonyl (C=O) groups excluding carboxylic acids is 2. The van der Waals surface area contributed by atoms with Crippen molar-refractivity contribution in [1.82, 2.24) is 15.1 Å². The van der Waals surface area contributed by atoms with Crippen LogP contribution in [0, 0.1) is 6.92 Å². The molecule has 4 rings (SSSR count). The van der Waals surface area contributed by atoms with Crippen LogP contribution in [0.3, 0.4) is 0 Å². The van der Waals surface area contributed by atoms with Crippen molar-refractivity contribution in [3.8, 4) is 5.75 Å². The zero-order valence-electron chi connectivity index (χ0n) is 17.5. The van der Waals surface area contributed by atoms with Crippen LogP contribution in [0.1, 0.15) is 49.5 Å². The molecular weight excluding hydrogens is 412 g/mol. The summed E-state index contributed by atoms with van der Waals surface area (Å²) in [6.45, 7) is 3.21. The number of aryl methyl sites for hydroxylation is 1. The van der Waals surface area contributed by atoms with Gasteiger partial charge in [-0.15, -0.1) is 10.2 Å². The monoisotopic (exact) mass is 436 g/mol. The van der Waals surface area contributed by atoms with Gasteiger partial charge in [0.2, 0.25) is 5.01 Å². The van der Waals surface area contributed by atoms with Gasteiger partial charge in [-0.2, -0.15) is 0 Å². The van der Waals surface area contributed by atoms with E-state index >= 15 is 0 Å². The van der Waals surface area contributed by atoms with Crippen LogP contribution in [0.25, 0.3) is 0 Å². The van der Waals surface area contributed by atoms with Crippen LogP contribution in [0.2, 0.25) is 0 Å². The van der Waals surface area contributed by atoms with E-state index in [0.717, 1.165) is 29.1 Å². The van der Waals surface area contributed by atoms with E-state index in [9.17, 15) is 9.59 Å². The highest BCUT2D eigenvalue weighted by molar-refractivity contribution is 7.13. The maximum atomic E-state index is 12.9. The van der Waals surface area contributed by atoms with Crippen LogP contribution in [0.5, 0.6) is 5.75 Å². The van der Waals surface area contributed by atoms with E-state index in [-0.39, 0.29) is 17.7 Å². The molecule has 0 atom stereocenters. The van der Waals surface area contributed by atoms with Crippen LogP contribution < -0.4 is 10.1 Å². The number of benzene rings is 2. The predicted molar refractivity (Wildman–Crippen MR) is 120 cm³/mol. The lowest BCUT2D eigenvalue weighted by atomic mass is 9.97. The Kier molecular flexibility index (Phi) is 6.27. The lowest BCUT2D eigenvalue weighted by Gasteiger charge is -2.31. The maximum absolute atomic E-state index is 12.9. The van der Waals surface area contributed by atoms with Crippen molar-refractivity contribution in [3.63, 3.8) is 0 Å². The Bertz CT molecular complexity index is 1090. The molecule has 0 bridgehead atoms. The van der Waals surface area contributed by atoms with Crippen molar-refractivity contribution in [2.45, 2.75) is 25.7 Å². The fourth-order valence-corrected chi connectivity index (χ4v) is 4.61. The molecule has 1 fully saturated rings. The maximum Gasteiger partial charge on any atom is 0.286 e. The zero-order valence-corrected chi connectivity index (χ0v) is 18.3. The molecule has 31 heavy (non-hydrogen) atoms. The Morgan fingerprint density at radius 2 is 1.77 bits per heavy atom. The lowest BCUT2D eigenvalue weighted by molar-refractivity contribution is 0.0709. The first-order valence-electron chi connectivity index (χ1n) is 10.2. The van der Waals surface area contributed by atoms with E-state index in [1.807, 2.05) is 48.2 Å². The van der Waals surface area contributed by atoms with Crippen molar-refractivity contribution < 1.29 is 14.3 Å². The number of likely N-dealkylation sites (tertiary alicyclic amines) is 1. The quantitative estimate of drug-likeness (QED) is 0.650. The Morgan fingerprint density at radius 1 is 1.06 bits per heavy atom. The first-order valence-corrected chi connectivity index (χ1v) is 11.0. The molecule has 1 saturated heterocycles. The van der Waals surface area contributed by atoms with Gasteiger partial charge in [0.1, 0.15) is 10.8 Å². The molecule has 1 aromatic heterocycles. The number of ether oxygens (including phenoxy) is 1. The van der Waals surface area contributed by atoms with Crippen LogP contribution in [-0.4, -0.2) is 47.1 Å². The summed E-state index contributed by atoms with van der Waals surface area (Å²) in [7, 11) is 1.57. The van der Waals surface area contributed by atoms with Crippen molar-refractivity contribution in [2.75, 3.05) is 25.5 Å². The molecule has 1 aliphatic rings. The second-order valence-corrected chi connectivity index (χ2v) is 8.49. The minimum absolute atomic E-state index is 0.0218. The average Bonchev–Trinajstić information content (AvgIpc) is 3.31. The fraction of sp³-hybridized carbons (Fsp3) is 0.304. The third-order valence-corrected chi connectivity index (χ3v) is 6.58. The molecule has 160 valence electrons. The number of aromatic nitrogens is 2. The molecule has 0 aliphatic carbocycles. The number of carbonyl (C=O) groups is 2. The zero-order chi connectivity index (χ0) is 21.8. The second kappa shape index (κ2) is 9.26. The molecule has 0 radical (unpaired) electrons. The summed E-state index contributed by atoms with van der Waals surface area (Å²) in [4.78, 5) is 27.3. The normalized spacial score (nSPS) is 14.3. The third-order valence-electron chi connectivity index (χ3n) is 5.50. The largest absolute Gasteiger partial charge is 0.496 e. The van der Waals surface area contributed by atoms with Crippen molar-refractivity contribution in [1.29, 1.82) is 0 Å². The number of anilines is 1.